The van der Waals surface area contributed by atoms with E-state index in [-0.39, 0.29) is 5.82 Å². The molecule has 0 spiro atoms. The molecule has 1 unspecified atom stereocenters. The van der Waals surface area contributed by atoms with Gasteiger partial charge in [-0.3, -0.25) is 0 Å². The molecule has 1 rings (SSSR count). The number of hydrogen-bond donors (Lipinski definition) is 1. The molecule has 0 amide bonds. The van der Waals surface area contributed by atoms with E-state index in [1.807, 2.05) is 0 Å². The Hall–Kier alpha value is -0.770. The molecule has 17 heavy (non-hydrogen) atoms. The zero-order chi connectivity index (χ0) is 13.0. The quantitative estimate of drug-likeness (QED) is 0.826. The lowest BCUT2D eigenvalue weighted by Gasteiger charge is -2.16. The van der Waals surface area contributed by atoms with Gasteiger partial charge in [-0.1, -0.05) is 20.8 Å². The highest BCUT2D eigenvalue weighted by molar-refractivity contribution is 9.10. The van der Waals surface area contributed by atoms with Crippen molar-refractivity contribution in [3.05, 3.63) is 22.4 Å². The normalized spacial score (nSPS) is 12.8. The molecule has 0 fully saturated rings. The Balaban J connectivity index is 2.60. The summed E-state index contributed by atoms with van der Waals surface area (Å²) in [6, 6.07) is 2.85. The molecule has 0 bridgehead atoms. The maximum absolute atomic E-state index is 13.3. The predicted molar refractivity (Wildman–Crippen MR) is 72.6 cm³/mol. The zero-order valence-corrected chi connectivity index (χ0v) is 12.1. The van der Waals surface area contributed by atoms with Gasteiger partial charge in [0.15, 0.2) is 0 Å². The Morgan fingerprint density at radius 1 is 1.35 bits per heavy atom. The fourth-order valence-electron chi connectivity index (χ4n) is 1.77. The third-order valence-corrected chi connectivity index (χ3v) is 3.06. The molecule has 0 saturated heterocycles. The summed E-state index contributed by atoms with van der Waals surface area (Å²) in [4.78, 5) is 0. The van der Waals surface area contributed by atoms with Crippen molar-refractivity contribution in [3.8, 4) is 5.75 Å². The minimum atomic E-state index is -0.356. The number of ether oxygens (including phenoxy) is 1. The Labute approximate surface area is 110 Å². The molecular formula is C13H19BrFNO. The van der Waals surface area contributed by atoms with Crippen molar-refractivity contribution in [2.75, 3.05) is 12.3 Å². The summed E-state index contributed by atoms with van der Waals surface area (Å²) in [6.07, 6.45) is 1.08. The van der Waals surface area contributed by atoms with E-state index in [2.05, 4.69) is 36.7 Å². The fraction of sp³-hybridized carbons (Fsp3) is 0.538. The Morgan fingerprint density at radius 2 is 2.00 bits per heavy atom. The van der Waals surface area contributed by atoms with Gasteiger partial charge < -0.3 is 10.5 Å². The van der Waals surface area contributed by atoms with Gasteiger partial charge in [-0.05, 0) is 40.3 Å². The van der Waals surface area contributed by atoms with E-state index in [9.17, 15) is 4.39 Å². The highest BCUT2D eigenvalue weighted by Crippen LogP contribution is 2.29. The van der Waals surface area contributed by atoms with E-state index in [0.717, 1.165) is 6.42 Å². The first-order valence-corrected chi connectivity index (χ1v) is 6.56. The van der Waals surface area contributed by atoms with Crippen LogP contribution in [0.5, 0.6) is 5.75 Å². The van der Waals surface area contributed by atoms with Crippen molar-refractivity contribution in [1.29, 1.82) is 0 Å². The van der Waals surface area contributed by atoms with E-state index >= 15 is 0 Å². The molecule has 0 radical (unpaired) electrons. The SMILES string of the molecule is CC(C)CC(C)COc1cc(F)c(Br)cc1N. The van der Waals surface area contributed by atoms with Crippen LogP contribution in [0.25, 0.3) is 0 Å². The Kier molecular flexibility index (Phi) is 5.25. The van der Waals surface area contributed by atoms with Crippen LogP contribution in [-0.2, 0) is 0 Å². The maximum atomic E-state index is 13.3. The van der Waals surface area contributed by atoms with Crippen molar-refractivity contribution in [3.63, 3.8) is 0 Å². The van der Waals surface area contributed by atoms with E-state index in [0.29, 0.717) is 34.4 Å². The van der Waals surface area contributed by atoms with E-state index in [1.54, 1.807) is 0 Å². The second-order valence-electron chi connectivity index (χ2n) is 4.85. The third kappa shape index (κ3) is 4.54. The maximum Gasteiger partial charge on any atom is 0.145 e. The highest BCUT2D eigenvalue weighted by atomic mass is 79.9. The van der Waals surface area contributed by atoms with Crippen molar-refractivity contribution in [2.24, 2.45) is 11.8 Å². The molecule has 0 aliphatic rings. The fourth-order valence-corrected chi connectivity index (χ4v) is 2.13. The van der Waals surface area contributed by atoms with Crippen molar-refractivity contribution < 1.29 is 9.13 Å². The lowest BCUT2D eigenvalue weighted by molar-refractivity contribution is 0.239. The van der Waals surface area contributed by atoms with Crippen molar-refractivity contribution in [2.45, 2.75) is 27.2 Å². The summed E-state index contributed by atoms with van der Waals surface area (Å²) in [5.41, 5.74) is 6.21. The molecule has 1 atom stereocenters. The zero-order valence-electron chi connectivity index (χ0n) is 10.5. The standard InChI is InChI=1S/C13H19BrFNO/c1-8(2)4-9(3)7-17-13-6-11(15)10(14)5-12(13)16/h5-6,8-9H,4,7,16H2,1-3H3. The van der Waals surface area contributed by atoms with Crippen LogP contribution in [0.1, 0.15) is 27.2 Å². The first-order valence-electron chi connectivity index (χ1n) is 5.77. The van der Waals surface area contributed by atoms with Crippen molar-refractivity contribution in [1.82, 2.24) is 0 Å². The molecule has 0 saturated carbocycles. The minimum absolute atomic E-state index is 0.356. The molecule has 2 N–H and O–H groups in total. The number of hydrogen-bond acceptors (Lipinski definition) is 2. The monoisotopic (exact) mass is 303 g/mol. The Bertz CT molecular complexity index is 382. The highest BCUT2D eigenvalue weighted by Gasteiger charge is 2.10. The summed E-state index contributed by atoms with van der Waals surface area (Å²) < 4.78 is 19.2. The average Bonchev–Trinajstić information content (AvgIpc) is 2.20. The molecule has 1 aromatic carbocycles. The minimum Gasteiger partial charge on any atom is -0.491 e. The first kappa shape index (κ1) is 14.3. The van der Waals surface area contributed by atoms with Gasteiger partial charge in [-0.15, -0.1) is 0 Å². The number of rotatable bonds is 5. The predicted octanol–water partition coefficient (Wildman–Crippen LogP) is 4.23. The summed E-state index contributed by atoms with van der Waals surface area (Å²) in [7, 11) is 0. The Morgan fingerprint density at radius 3 is 2.59 bits per heavy atom. The topological polar surface area (TPSA) is 35.2 Å². The van der Waals surface area contributed by atoms with Crippen LogP contribution in [0.2, 0.25) is 0 Å². The number of anilines is 1. The van der Waals surface area contributed by atoms with Gasteiger partial charge in [0.1, 0.15) is 11.6 Å². The third-order valence-electron chi connectivity index (χ3n) is 2.45. The van der Waals surface area contributed by atoms with Crippen LogP contribution in [0, 0.1) is 17.7 Å². The van der Waals surface area contributed by atoms with Crippen LogP contribution < -0.4 is 10.5 Å². The van der Waals surface area contributed by atoms with E-state index in [1.165, 1.54) is 12.1 Å². The first-order chi connectivity index (χ1) is 7.90. The van der Waals surface area contributed by atoms with Gasteiger partial charge in [-0.25, -0.2) is 4.39 Å². The van der Waals surface area contributed by atoms with E-state index < -0.39 is 0 Å². The lowest BCUT2D eigenvalue weighted by Crippen LogP contribution is -2.12. The molecule has 0 aliphatic carbocycles. The number of benzene rings is 1. The molecule has 0 heterocycles. The van der Waals surface area contributed by atoms with Crippen LogP contribution in [0.3, 0.4) is 0 Å². The second-order valence-corrected chi connectivity index (χ2v) is 5.70. The molecule has 0 aliphatic heterocycles. The van der Waals surface area contributed by atoms with Crippen LogP contribution in [0.15, 0.2) is 16.6 Å². The molecule has 96 valence electrons. The molecule has 2 nitrogen and oxygen atoms in total. The summed E-state index contributed by atoms with van der Waals surface area (Å²) in [6.45, 7) is 7.02. The van der Waals surface area contributed by atoms with Gasteiger partial charge in [0.05, 0.1) is 16.8 Å². The van der Waals surface area contributed by atoms with Crippen LogP contribution in [-0.4, -0.2) is 6.61 Å². The second kappa shape index (κ2) is 6.24. The molecule has 4 heteroatoms. The van der Waals surface area contributed by atoms with Gasteiger partial charge in [0.2, 0.25) is 0 Å². The largest absolute Gasteiger partial charge is 0.491 e. The van der Waals surface area contributed by atoms with Crippen molar-refractivity contribution >= 4 is 21.6 Å². The molecule has 0 aromatic heterocycles. The van der Waals surface area contributed by atoms with Gasteiger partial charge in [0.25, 0.3) is 0 Å². The summed E-state index contributed by atoms with van der Waals surface area (Å²) >= 11 is 3.08. The summed E-state index contributed by atoms with van der Waals surface area (Å²) in [5, 5.41) is 0. The molecule has 1 aromatic rings. The van der Waals surface area contributed by atoms with Gasteiger partial charge >= 0.3 is 0 Å². The van der Waals surface area contributed by atoms with Crippen LogP contribution >= 0.6 is 15.9 Å². The number of nitrogens with two attached hydrogens (primary N) is 1. The van der Waals surface area contributed by atoms with E-state index in [4.69, 9.17) is 10.5 Å². The van der Waals surface area contributed by atoms with Crippen LogP contribution in [0.4, 0.5) is 10.1 Å². The summed E-state index contributed by atoms with van der Waals surface area (Å²) in [5.74, 6) is 1.13. The number of halogens is 2. The molecular weight excluding hydrogens is 285 g/mol. The number of nitrogen functional groups attached to an aromatic ring is 1. The average molecular weight is 304 g/mol. The van der Waals surface area contributed by atoms with Gasteiger partial charge in [-0.2, -0.15) is 0 Å². The lowest BCUT2D eigenvalue weighted by atomic mass is 10.00. The smallest absolute Gasteiger partial charge is 0.145 e. The van der Waals surface area contributed by atoms with Gasteiger partial charge in [0, 0.05) is 6.07 Å².